The van der Waals surface area contributed by atoms with E-state index in [9.17, 15) is 0 Å². The number of likely N-dealkylation sites (tertiary alicyclic amines) is 1. The van der Waals surface area contributed by atoms with Gasteiger partial charge in [-0.3, -0.25) is 0 Å². The fourth-order valence-corrected chi connectivity index (χ4v) is 7.23. The second-order valence-electron chi connectivity index (χ2n) is 8.89. The average molecular weight is 382 g/mol. The Labute approximate surface area is 170 Å². The third-order valence-electron chi connectivity index (χ3n) is 6.26. The molecule has 0 amide bonds. The van der Waals surface area contributed by atoms with Crippen LogP contribution in [0.25, 0.3) is 0 Å². The standard InChI is InChI=1S/2C8H17.C7H14NO.Al/c2*1-3-5-7-8-6-4-2;1-6(9)7-3-4-8(2)5-7;/h2*1,3-8H2,2H3;6-7H,3-5H2,1-2H3;/q;;-1;+1. The van der Waals surface area contributed by atoms with Crippen molar-refractivity contribution in [1.29, 1.82) is 0 Å². The van der Waals surface area contributed by atoms with Gasteiger partial charge in [-0.1, -0.05) is 101 Å². The second kappa shape index (κ2) is 16.4. The van der Waals surface area contributed by atoms with Gasteiger partial charge in [-0.2, -0.15) is 0 Å². The summed E-state index contributed by atoms with van der Waals surface area (Å²) in [7, 11) is 2.26. The van der Waals surface area contributed by atoms with Gasteiger partial charge in [0.2, 0.25) is 0 Å². The Morgan fingerprint density at radius 3 is 1.81 bits per heavy atom. The van der Waals surface area contributed by atoms with Crippen LogP contribution >= 0.6 is 0 Å². The number of hydrogen-bond donors (Lipinski definition) is 0. The second-order valence-corrected chi connectivity index (χ2v) is 11.6. The molecule has 0 spiro atoms. The van der Waals surface area contributed by atoms with E-state index in [4.69, 9.17) is 3.79 Å². The van der Waals surface area contributed by atoms with Gasteiger partial charge < -0.3 is 8.69 Å². The molecule has 0 radical (unpaired) electrons. The van der Waals surface area contributed by atoms with Crippen LogP contribution in [0.5, 0.6) is 0 Å². The maximum absolute atomic E-state index is 6.75. The minimum absolute atomic E-state index is 0.497. The van der Waals surface area contributed by atoms with E-state index in [0.29, 0.717) is 6.10 Å². The third-order valence-corrected chi connectivity index (χ3v) is 9.18. The van der Waals surface area contributed by atoms with Crippen LogP contribution in [-0.4, -0.2) is 45.6 Å². The zero-order chi connectivity index (χ0) is 19.0. The topological polar surface area (TPSA) is 12.5 Å². The van der Waals surface area contributed by atoms with Crippen molar-refractivity contribution in [2.24, 2.45) is 5.92 Å². The highest BCUT2D eigenvalue weighted by Crippen LogP contribution is 2.24. The van der Waals surface area contributed by atoms with Crippen molar-refractivity contribution in [3.63, 3.8) is 0 Å². The van der Waals surface area contributed by atoms with Gasteiger partial charge in [0, 0.05) is 12.6 Å². The normalized spacial score (nSPS) is 19.2. The highest BCUT2D eigenvalue weighted by Gasteiger charge is 2.29. The SMILES string of the molecule is CCCCCCC[CH2][Al]([CH2]CCCCCCC)[O]C(C)C1CCN(C)C1. The molecule has 2 unspecified atom stereocenters. The summed E-state index contributed by atoms with van der Waals surface area (Å²) in [5.41, 5.74) is 0. The molecule has 154 valence electrons. The maximum atomic E-state index is 6.75. The first-order valence-corrected chi connectivity index (χ1v) is 14.1. The van der Waals surface area contributed by atoms with Crippen LogP contribution in [0.15, 0.2) is 0 Å². The zero-order valence-corrected chi connectivity index (χ0v) is 19.8. The fourth-order valence-electron chi connectivity index (χ4n) is 4.35. The molecular weight excluding hydrogens is 333 g/mol. The summed E-state index contributed by atoms with van der Waals surface area (Å²) in [5, 5.41) is 2.85. The summed E-state index contributed by atoms with van der Waals surface area (Å²) in [4.78, 5) is 2.47. The van der Waals surface area contributed by atoms with Crippen LogP contribution in [0.3, 0.4) is 0 Å². The quantitative estimate of drug-likeness (QED) is 0.198. The molecule has 0 saturated carbocycles. The molecule has 0 aliphatic carbocycles. The Hall–Kier alpha value is 0.452. The van der Waals surface area contributed by atoms with Gasteiger partial charge in [0.15, 0.2) is 0 Å². The number of hydrogen-bond acceptors (Lipinski definition) is 2. The van der Waals surface area contributed by atoms with E-state index >= 15 is 0 Å². The van der Waals surface area contributed by atoms with Gasteiger partial charge in [-0.05, 0) is 32.9 Å². The van der Waals surface area contributed by atoms with E-state index in [0.717, 1.165) is 5.92 Å². The molecule has 0 aromatic heterocycles. The summed E-state index contributed by atoms with van der Waals surface area (Å²) in [6.07, 6.45) is 18.8. The van der Waals surface area contributed by atoms with Gasteiger partial charge in [0.05, 0.1) is 0 Å². The molecule has 1 fully saturated rings. The van der Waals surface area contributed by atoms with Crippen molar-refractivity contribution in [1.82, 2.24) is 4.90 Å². The third kappa shape index (κ3) is 12.0. The van der Waals surface area contributed by atoms with Gasteiger partial charge >= 0.3 is 14.5 Å². The van der Waals surface area contributed by atoms with E-state index in [1.165, 1.54) is 107 Å². The lowest BCUT2D eigenvalue weighted by Gasteiger charge is -2.25. The molecule has 3 heteroatoms. The number of rotatable bonds is 17. The Morgan fingerprint density at radius 1 is 0.846 bits per heavy atom. The summed E-state index contributed by atoms with van der Waals surface area (Å²) in [6.45, 7) is 9.49. The summed E-state index contributed by atoms with van der Waals surface area (Å²) in [6, 6.07) is 0. The number of unbranched alkanes of at least 4 members (excludes halogenated alkanes) is 10. The van der Waals surface area contributed by atoms with E-state index in [1.54, 1.807) is 0 Å². The Bertz CT molecular complexity index is 297. The molecule has 2 atom stereocenters. The van der Waals surface area contributed by atoms with Crippen molar-refractivity contribution < 1.29 is 3.79 Å². The largest absolute Gasteiger partial charge is 0.498 e. The molecular formula is C23H48AlNO. The van der Waals surface area contributed by atoms with Gasteiger partial charge in [0.25, 0.3) is 0 Å². The van der Waals surface area contributed by atoms with Gasteiger partial charge in [0.1, 0.15) is 0 Å². The van der Waals surface area contributed by atoms with Gasteiger partial charge in [-0.25, -0.2) is 0 Å². The molecule has 1 aliphatic rings. The molecule has 1 heterocycles. The molecule has 1 aliphatic heterocycles. The molecule has 2 nitrogen and oxygen atoms in total. The molecule has 1 rings (SSSR count). The molecule has 0 N–H and O–H groups in total. The Morgan fingerprint density at radius 2 is 1.35 bits per heavy atom. The summed E-state index contributed by atoms with van der Waals surface area (Å²) in [5.74, 6) is 0.782. The number of nitrogens with zero attached hydrogens (tertiary/aromatic N) is 1. The van der Waals surface area contributed by atoms with Crippen molar-refractivity contribution in [2.45, 2.75) is 121 Å². The molecule has 1 saturated heterocycles. The molecule has 0 aromatic rings. The molecule has 0 bridgehead atoms. The maximum Gasteiger partial charge on any atom is 0.460 e. The average Bonchev–Trinajstić information content (AvgIpc) is 3.07. The van der Waals surface area contributed by atoms with Crippen LogP contribution in [0, 0.1) is 5.92 Å². The predicted octanol–water partition coefficient (Wildman–Crippen LogP) is 7.06. The lowest BCUT2D eigenvalue weighted by atomic mass is 10.0. The first-order chi connectivity index (χ1) is 12.7. The predicted molar refractivity (Wildman–Crippen MR) is 118 cm³/mol. The smallest absolute Gasteiger partial charge is 0.460 e. The minimum atomic E-state index is -1.00. The molecule has 0 aromatic carbocycles. The van der Waals surface area contributed by atoms with Gasteiger partial charge in [-0.15, -0.1) is 0 Å². The Balaban J connectivity index is 2.26. The zero-order valence-electron chi connectivity index (χ0n) is 18.6. The first-order valence-electron chi connectivity index (χ1n) is 12.0. The van der Waals surface area contributed by atoms with Crippen molar-refractivity contribution >= 4 is 14.5 Å². The first kappa shape index (κ1) is 24.5. The van der Waals surface area contributed by atoms with E-state index in [1.807, 2.05) is 0 Å². The van der Waals surface area contributed by atoms with Crippen LogP contribution in [0.2, 0.25) is 10.6 Å². The van der Waals surface area contributed by atoms with E-state index < -0.39 is 14.5 Å². The highest BCUT2D eigenvalue weighted by atomic mass is 27.2. The monoisotopic (exact) mass is 381 g/mol. The molecule has 26 heavy (non-hydrogen) atoms. The van der Waals surface area contributed by atoms with Crippen molar-refractivity contribution in [3.8, 4) is 0 Å². The van der Waals surface area contributed by atoms with E-state index in [2.05, 4.69) is 32.7 Å². The minimum Gasteiger partial charge on any atom is -0.498 e. The van der Waals surface area contributed by atoms with E-state index in [-0.39, 0.29) is 0 Å². The highest BCUT2D eigenvalue weighted by molar-refractivity contribution is 6.51. The summed E-state index contributed by atoms with van der Waals surface area (Å²) >= 11 is -1.00. The lowest BCUT2D eigenvalue weighted by molar-refractivity contribution is 0.151. The van der Waals surface area contributed by atoms with Crippen LogP contribution < -0.4 is 0 Å². The van der Waals surface area contributed by atoms with Crippen LogP contribution in [0.1, 0.15) is 104 Å². The Kier molecular flexibility index (Phi) is 15.5. The lowest BCUT2D eigenvalue weighted by Crippen LogP contribution is -2.31. The van der Waals surface area contributed by atoms with Crippen LogP contribution in [-0.2, 0) is 3.79 Å². The summed E-state index contributed by atoms with van der Waals surface area (Å²) < 4.78 is 6.75. The van der Waals surface area contributed by atoms with Crippen molar-refractivity contribution in [3.05, 3.63) is 0 Å². The fraction of sp³-hybridized carbons (Fsp3) is 1.00. The van der Waals surface area contributed by atoms with Crippen LogP contribution in [0.4, 0.5) is 0 Å². The van der Waals surface area contributed by atoms with Crippen molar-refractivity contribution in [2.75, 3.05) is 20.1 Å².